The summed E-state index contributed by atoms with van der Waals surface area (Å²) in [5.41, 5.74) is -1.25. The van der Waals surface area contributed by atoms with Crippen molar-refractivity contribution in [3.05, 3.63) is 35.4 Å². The molecule has 5 heteroatoms. The molecule has 0 unspecified atom stereocenters. The first-order valence-corrected chi connectivity index (χ1v) is 5.24. The molecule has 0 radical (unpaired) electrons. The van der Waals surface area contributed by atoms with Gasteiger partial charge in [-0.1, -0.05) is 25.1 Å². The molecule has 1 aromatic carbocycles. The van der Waals surface area contributed by atoms with Crippen molar-refractivity contribution in [3.8, 4) is 0 Å². The van der Waals surface area contributed by atoms with Crippen LogP contribution in [0.1, 0.15) is 29.3 Å². The van der Waals surface area contributed by atoms with E-state index in [2.05, 4.69) is 0 Å². The summed E-state index contributed by atoms with van der Waals surface area (Å²) >= 11 is 0. The first-order valence-electron chi connectivity index (χ1n) is 5.24. The topological polar surface area (TPSA) is 26.3 Å². The van der Waals surface area contributed by atoms with Gasteiger partial charge in [-0.05, 0) is 12.5 Å². The predicted molar refractivity (Wildman–Crippen MR) is 56.9 cm³/mol. The van der Waals surface area contributed by atoms with E-state index in [0.717, 1.165) is 6.07 Å². The van der Waals surface area contributed by atoms with Crippen LogP contribution in [0.3, 0.4) is 0 Å². The van der Waals surface area contributed by atoms with E-state index in [1.54, 1.807) is 0 Å². The molecule has 0 aromatic heterocycles. The number of halogens is 3. The standard InChI is InChI=1S/C12H13F3O2/c1-2-7-17-8-11(16)9-5-3-4-6-10(9)12(13,14)15/h3-6H,2,7-8H2,1H3. The molecule has 0 N–H and O–H groups in total. The summed E-state index contributed by atoms with van der Waals surface area (Å²) in [5, 5.41) is 0. The Morgan fingerprint density at radius 3 is 2.53 bits per heavy atom. The molecule has 0 aliphatic carbocycles. The first kappa shape index (κ1) is 13.7. The van der Waals surface area contributed by atoms with E-state index in [0.29, 0.717) is 13.0 Å². The largest absolute Gasteiger partial charge is 0.417 e. The first-order chi connectivity index (χ1) is 7.96. The summed E-state index contributed by atoms with van der Waals surface area (Å²) < 4.78 is 42.8. The Kier molecular flexibility index (Phi) is 4.69. The van der Waals surface area contributed by atoms with Crippen molar-refractivity contribution in [2.24, 2.45) is 0 Å². The third-order valence-corrected chi connectivity index (χ3v) is 2.11. The van der Waals surface area contributed by atoms with Gasteiger partial charge in [0.1, 0.15) is 6.61 Å². The summed E-state index contributed by atoms with van der Waals surface area (Å²) in [7, 11) is 0. The molecule has 1 rings (SSSR count). The molecule has 0 bridgehead atoms. The molecule has 1 aromatic rings. The smallest absolute Gasteiger partial charge is 0.373 e. The molecule has 0 aliphatic heterocycles. The highest BCUT2D eigenvalue weighted by Crippen LogP contribution is 2.31. The van der Waals surface area contributed by atoms with E-state index in [4.69, 9.17) is 4.74 Å². The zero-order valence-corrected chi connectivity index (χ0v) is 9.38. The summed E-state index contributed by atoms with van der Waals surface area (Å²) in [5.74, 6) is -0.647. The molecule has 0 saturated carbocycles. The number of carbonyl (C=O) groups is 1. The second-order valence-electron chi connectivity index (χ2n) is 3.52. The van der Waals surface area contributed by atoms with E-state index in [1.807, 2.05) is 6.92 Å². The fourth-order valence-corrected chi connectivity index (χ4v) is 1.36. The normalized spacial score (nSPS) is 11.5. The van der Waals surface area contributed by atoms with Gasteiger partial charge in [-0.2, -0.15) is 13.2 Å². The van der Waals surface area contributed by atoms with Gasteiger partial charge in [-0.25, -0.2) is 0 Å². The van der Waals surface area contributed by atoms with Crippen molar-refractivity contribution in [1.29, 1.82) is 0 Å². The molecule has 2 nitrogen and oxygen atoms in total. The molecule has 94 valence electrons. The minimum absolute atomic E-state index is 0.319. The summed E-state index contributed by atoms with van der Waals surface area (Å²) in [6, 6.07) is 4.72. The van der Waals surface area contributed by atoms with Crippen LogP contribution in [-0.4, -0.2) is 19.0 Å². The molecule has 0 spiro atoms. The third-order valence-electron chi connectivity index (χ3n) is 2.11. The molecule has 0 aliphatic rings. The van der Waals surface area contributed by atoms with E-state index >= 15 is 0 Å². The Morgan fingerprint density at radius 2 is 1.94 bits per heavy atom. The number of rotatable bonds is 5. The van der Waals surface area contributed by atoms with Gasteiger partial charge in [0.25, 0.3) is 0 Å². The predicted octanol–water partition coefficient (Wildman–Crippen LogP) is 3.31. The van der Waals surface area contributed by atoms with Crippen LogP contribution >= 0.6 is 0 Å². The molecular formula is C12H13F3O2. The number of ether oxygens (including phenoxy) is 1. The molecule has 0 fully saturated rings. The fourth-order valence-electron chi connectivity index (χ4n) is 1.36. The van der Waals surface area contributed by atoms with Gasteiger partial charge in [0, 0.05) is 12.2 Å². The van der Waals surface area contributed by atoms with E-state index in [-0.39, 0.29) is 12.2 Å². The van der Waals surface area contributed by atoms with Gasteiger partial charge >= 0.3 is 6.18 Å². The lowest BCUT2D eigenvalue weighted by Crippen LogP contribution is -2.16. The highest BCUT2D eigenvalue weighted by Gasteiger charge is 2.34. The van der Waals surface area contributed by atoms with Gasteiger partial charge in [0.05, 0.1) is 5.56 Å². The van der Waals surface area contributed by atoms with Crippen molar-refractivity contribution in [2.45, 2.75) is 19.5 Å². The van der Waals surface area contributed by atoms with Crippen LogP contribution in [-0.2, 0) is 10.9 Å². The zero-order chi connectivity index (χ0) is 12.9. The van der Waals surface area contributed by atoms with Crippen LogP contribution in [0.25, 0.3) is 0 Å². The van der Waals surface area contributed by atoms with Crippen LogP contribution in [0.2, 0.25) is 0 Å². The molecule has 0 saturated heterocycles. The van der Waals surface area contributed by atoms with Crippen LogP contribution < -0.4 is 0 Å². The number of benzene rings is 1. The van der Waals surface area contributed by atoms with Crippen molar-refractivity contribution >= 4 is 5.78 Å². The second-order valence-corrected chi connectivity index (χ2v) is 3.52. The minimum atomic E-state index is -4.52. The number of alkyl halides is 3. The summed E-state index contributed by atoms with van der Waals surface area (Å²) in [6.07, 6.45) is -3.80. The van der Waals surface area contributed by atoms with E-state index in [1.165, 1.54) is 18.2 Å². The number of ketones is 1. The average Bonchev–Trinajstić information content (AvgIpc) is 2.28. The lowest BCUT2D eigenvalue weighted by molar-refractivity contribution is -0.137. The minimum Gasteiger partial charge on any atom is -0.373 e. The van der Waals surface area contributed by atoms with Gasteiger partial charge < -0.3 is 4.74 Å². The maximum absolute atomic E-state index is 12.6. The highest BCUT2D eigenvalue weighted by molar-refractivity contribution is 5.98. The molecular weight excluding hydrogens is 233 g/mol. The maximum Gasteiger partial charge on any atom is 0.417 e. The number of hydrogen-bond donors (Lipinski definition) is 0. The number of carbonyl (C=O) groups excluding carboxylic acids is 1. The summed E-state index contributed by atoms with van der Waals surface area (Å²) in [4.78, 5) is 11.6. The second kappa shape index (κ2) is 5.82. The third kappa shape index (κ3) is 3.85. The maximum atomic E-state index is 12.6. The van der Waals surface area contributed by atoms with Gasteiger partial charge in [0.2, 0.25) is 0 Å². The SMILES string of the molecule is CCCOCC(=O)c1ccccc1C(F)(F)F. The van der Waals surface area contributed by atoms with Crippen molar-refractivity contribution in [1.82, 2.24) is 0 Å². The van der Waals surface area contributed by atoms with E-state index in [9.17, 15) is 18.0 Å². The monoisotopic (exact) mass is 246 g/mol. The Labute approximate surface area is 97.4 Å². The number of Topliss-reactive ketones (excluding diaryl/α,β-unsaturated/α-hetero) is 1. The lowest BCUT2D eigenvalue weighted by Gasteiger charge is -2.11. The number of hydrogen-bond acceptors (Lipinski definition) is 2. The Bertz CT molecular complexity index is 386. The fraction of sp³-hybridized carbons (Fsp3) is 0.417. The van der Waals surface area contributed by atoms with Crippen LogP contribution in [0, 0.1) is 0 Å². The lowest BCUT2D eigenvalue weighted by atomic mass is 10.0. The Hall–Kier alpha value is -1.36. The highest BCUT2D eigenvalue weighted by atomic mass is 19.4. The van der Waals surface area contributed by atoms with Gasteiger partial charge in [-0.3, -0.25) is 4.79 Å². The van der Waals surface area contributed by atoms with Crippen molar-refractivity contribution in [3.63, 3.8) is 0 Å². The zero-order valence-electron chi connectivity index (χ0n) is 9.38. The summed E-state index contributed by atoms with van der Waals surface area (Å²) in [6.45, 7) is 1.90. The molecule has 0 amide bonds. The van der Waals surface area contributed by atoms with Crippen molar-refractivity contribution < 1.29 is 22.7 Å². The molecule has 17 heavy (non-hydrogen) atoms. The Morgan fingerprint density at radius 1 is 1.29 bits per heavy atom. The average molecular weight is 246 g/mol. The van der Waals surface area contributed by atoms with Crippen LogP contribution in [0.4, 0.5) is 13.2 Å². The van der Waals surface area contributed by atoms with Crippen molar-refractivity contribution in [2.75, 3.05) is 13.2 Å². The van der Waals surface area contributed by atoms with Crippen LogP contribution in [0.5, 0.6) is 0 Å². The van der Waals surface area contributed by atoms with Gasteiger partial charge in [-0.15, -0.1) is 0 Å². The van der Waals surface area contributed by atoms with Crippen LogP contribution in [0.15, 0.2) is 24.3 Å². The quantitative estimate of drug-likeness (QED) is 0.588. The molecule has 0 heterocycles. The van der Waals surface area contributed by atoms with Gasteiger partial charge in [0.15, 0.2) is 5.78 Å². The Balaban J connectivity index is 2.86. The van der Waals surface area contributed by atoms with E-state index < -0.39 is 17.5 Å². The molecule has 0 atom stereocenters.